The van der Waals surface area contributed by atoms with Crippen molar-refractivity contribution in [2.75, 3.05) is 0 Å². The van der Waals surface area contributed by atoms with E-state index in [0.29, 0.717) is 23.0 Å². The van der Waals surface area contributed by atoms with E-state index in [4.69, 9.17) is 16.0 Å². The monoisotopic (exact) mass is 393 g/mol. The fourth-order valence-corrected chi connectivity index (χ4v) is 3.14. The lowest BCUT2D eigenvalue weighted by molar-refractivity contribution is 0.427. The highest BCUT2D eigenvalue weighted by atomic mass is 35.5. The predicted octanol–water partition coefficient (Wildman–Crippen LogP) is 5.41. The third kappa shape index (κ3) is 3.96. The van der Waals surface area contributed by atoms with Crippen molar-refractivity contribution in [2.45, 2.75) is 12.6 Å². The molecule has 140 valence electrons. The Bertz CT molecular complexity index is 1070. The Balaban J connectivity index is 1.67. The van der Waals surface area contributed by atoms with Crippen LogP contribution in [0.25, 0.3) is 11.5 Å². The lowest BCUT2D eigenvalue weighted by Crippen LogP contribution is -2.23. The number of hydrogen-bond acceptors (Lipinski definition) is 4. The molecule has 1 N–H and O–H groups in total. The van der Waals surface area contributed by atoms with Gasteiger partial charge in [0, 0.05) is 22.7 Å². The number of rotatable bonds is 6. The Labute approximate surface area is 167 Å². The summed E-state index contributed by atoms with van der Waals surface area (Å²) in [5.41, 5.74) is 2.13. The molecule has 0 aliphatic heterocycles. The zero-order chi connectivity index (χ0) is 19.3. The van der Waals surface area contributed by atoms with Gasteiger partial charge in [0.15, 0.2) is 0 Å². The first-order valence-electron chi connectivity index (χ1n) is 8.82. The fourth-order valence-electron chi connectivity index (χ4n) is 2.94. The molecule has 6 heteroatoms. The van der Waals surface area contributed by atoms with Crippen LogP contribution in [0.1, 0.15) is 23.1 Å². The Morgan fingerprint density at radius 2 is 1.61 bits per heavy atom. The van der Waals surface area contributed by atoms with Crippen LogP contribution in [0, 0.1) is 5.82 Å². The molecule has 4 nitrogen and oxygen atoms in total. The van der Waals surface area contributed by atoms with Gasteiger partial charge in [-0.05, 0) is 29.8 Å². The normalized spacial score (nSPS) is 12.1. The van der Waals surface area contributed by atoms with Gasteiger partial charge < -0.3 is 4.42 Å². The van der Waals surface area contributed by atoms with Crippen molar-refractivity contribution in [3.05, 3.63) is 107 Å². The highest BCUT2D eigenvalue weighted by Gasteiger charge is 2.24. The van der Waals surface area contributed by atoms with Crippen molar-refractivity contribution in [3.8, 4) is 11.5 Å². The molecular formula is C22H17ClFN3O. The van der Waals surface area contributed by atoms with Gasteiger partial charge in [0.2, 0.25) is 11.8 Å². The second-order valence-corrected chi connectivity index (χ2v) is 6.65. The highest BCUT2D eigenvalue weighted by Crippen LogP contribution is 2.27. The summed E-state index contributed by atoms with van der Waals surface area (Å²) in [7, 11) is 0. The molecule has 3 aromatic carbocycles. The minimum Gasteiger partial charge on any atom is -0.419 e. The van der Waals surface area contributed by atoms with Crippen molar-refractivity contribution in [2.24, 2.45) is 0 Å². The van der Waals surface area contributed by atoms with Gasteiger partial charge in [-0.15, -0.1) is 10.2 Å². The van der Waals surface area contributed by atoms with Crippen LogP contribution < -0.4 is 5.32 Å². The average molecular weight is 394 g/mol. The van der Waals surface area contributed by atoms with Gasteiger partial charge in [0.1, 0.15) is 11.9 Å². The van der Waals surface area contributed by atoms with Crippen LogP contribution in [0.3, 0.4) is 0 Å². The summed E-state index contributed by atoms with van der Waals surface area (Å²) >= 11 is 6.25. The molecule has 0 radical (unpaired) electrons. The first-order valence-corrected chi connectivity index (χ1v) is 9.20. The third-order valence-corrected chi connectivity index (χ3v) is 4.75. The Kier molecular flexibility index (Phi) is 5.46. The SMILES string of the molecule is Fc1ccccc1C(NCc1ccccc1Cl)c1nnc(-c2ccccc2)o1. The number of halogens is 2. The number of benzene rings is 3. The van der Waals surface area contributed by atoms with Crippen LogP contribution in [-0.2, 0) is 6.54 Å². The first-order chi connectivity index (χ1) is 13.7. The van der Waals surface area contributed by atoms with E-state index in [1.54, 1.807) is 18.2 Å². The van der Waals surface area contributed by atoms with E-state index in [2.05, 4.69) is 15.5 Å². The zero-order valence-corrected chi connectivity index (χ0v) is 15.6. The molecule has 0 spiro atoms. The van der Waals surface area contributed by atoms with Crippen molar-refractivity contribution >= 4 is 11.6 Å². The molecule has 0 aliphatic rings. The van der Waals surface area contributed by atoms with Crippen LogP contribution in [0.5, 0.6) is 0 Å². The predicted molar refractivity (Wildman–Crippen MR) is 106 cm³/mol. The topological polar surface area (TPSA) is 51.0 Å². The Hall–Kier alpha value is -3.02. The minimum atomic E-state index is -0.609. The Morgan fingerprint density at radius 3 is 2.39 bits per heavy atom. The number of nitrogens with one attached hydrogen (secondary N) is 1. The second kappa shape index (κ2) is 8.33. The second-order valence-electron chi connectivity index (χ2n) is 6.24. The summed E-state index contributed by atoms with van der Waals surface area (Å²) in [6.45, 7) is 0.418. The number of aromatic nitrogens is 2. The molecule has 1 aromatic heterocycles. The molecule has 28 heavy (non-hydrogen) atoms. The Morgan fingerprint density at radius 1 is 0.893 bits per heavy atom. The molecular weight excluding hydrogens is 377 g/mol. The van der Waals surface area contributed by atoms with Crippen LogP contribution in [0.4, 0.5) is 4.39 Å². The van der Waals surface area contributed by atoms with Gasteiger partial charge in [-0.2, -0.15) is 0 Å². The summed E-state index contributed by atoms with van der Waals surface area (Å²) in [5.74, 6) is 0.325. The third-order valence-electron chi connectivity index (χ3n) is 4.38. The van der Waals surface area contributed by atoms with Crippen LogP contribution in [0.2, 0.25) is 5.02 Å². The maximum Gasteiger partial charge on any atom is 0.247 e. The van der Waals surface area contributed by atoms with Crippen LogP contribution in [0.15, 0.2) is 83.3 Å². The number of hydrogen-bond donors (Lipinski definition) is 1. The van der Waals surface area contributed by atoms with E-state index in [1.165, 1.54) is 6.07 Å². The molecule has 4 aromatic rings. The van der Waals surface area contributed by atoms with E-state index >= 15 is 0 Å². The van der Waals surface area contributed by atoms with E-state index in [9.17, 15) is 4.39 Å². The van der Waals surface area contributed by atoms with Gasteiger partial charge in [-0.1, -0.05) is 66.2 Å². The molecule has 1 heterocycles. The van der Waals surface area contributed by atoms with E-state index < -0.39 is 6.04 Å². The van der Waals surface area contributed by atoms with Crippen LogP contribution >= 0.6 is 11.6 Å². The lowest BCUT2D eigenvalue weighted by atomic mass is 10.1. The number of nitrogens with zero attached hydrogens (tertiary/aromatic N) is 2. The molecule has 4 rings (SSSR count). The molecule has 0 aliphatic carbocycles. The molecule has 0 bridgehead atoms. The molecule has 1 atom stereocenters. The smallest absolute Gasteiger partial charge is 0.247 e. The van der Waals surface area contributed by atoms with Crippen molar-refractivity contribution < 1.29 is 8.81 Å². The maximum atomic E-state index is 14.5. The standard InChI is InChI=1S/C22H17ClFN3O/c23-18-12-6-4-10-16(18)14-25-20(17-11-5-7-13-19(17)24)22-27-26-21(28-22)15-8-2-1-3-9-15/h1-13,20,25H,14H2. The largest absolute Gasteiger partial charge is 0.419 e. The lowest BCUT2D eigenvalue weighted by Gasteiger charge is -2.17. The average Bonchev–Trinajstić information content (AvgIpc) is 3.21. The van der Waals surface area contributed by atoms with Gasteiger partial charge in [0.05, 0.1) is 0 Å². The molecule has 0 fully saturated rings. The molecule has 0 saturated heterocycles. The zero-order valence-electron chi connectivity index (χ0n) is 14.8. The minimum absolute atomic E-state index is 0.288. The summed E-state index contributed by atoms with van der Waals surface area (Å²) in [6.07, 6.45) is 0. The molecule has 0 amide bonds. The van der Waals surface area contributed by atoms with Crippen molar-refractivity contribution in [1.29, 1.82) is 0 Å². The van der Waals surface area contributed by atoms with Crippen LogP contribution in [-0.4, -0.2) is 10.2 Å². The summed E-state index contributed by atoms with van der Waals surface area (Å²) in [5, 5.41) is 12.2. The van der Waals surface area contributed by atoms with Gasteiger partial charge in [-0.25, -0.2) is 4.39 Å². The van der Waals surface area contributed by atoms with E-state index in [0.717, 1.165) is 11.1 Å². The first kappa shape index (κ1) is 18.3. The fraction of sp³-hybridized carbons (Fsp3) is 0.0909. The molecule has 1 unspecified atom stereocenters. The van der Waals surface area contributed by atoms with Gasteiger partial charge in [-0.3, -0.25) is 5.32 Å². The van der Waals surface area contributed by atoms with Crippen molar-refractivity contribution in [3.63, 3.8) is 0 Å². The summed E-state index contributed by atoms with van der Waals surface area (Å²) in [6, 6.07) is 22.9. The van der Waals surface area contributed by atoms with Crippen molar-refractivity contribution in [1.82, 2.24) is 15.5 Å². The quantitative estimate of drug-likeness (QED) is 0.476. The van der Waals surface area contributed by atoms with Gasteiger partial charge in [0.25, 0.3) is 0 Å². The highest BCUT2D eigenvalue weighted by molar-refractivity contribution is 6.31. The van der Waals surface area contributed by atoms with E-state index in [1.807, 2.05) is 54.6 Å². The summed E-state index contributed by atoms with van der Waals surface area (Å²) in [4.78, 5) is 0. The summed E-state index contributed by atoms with van der Waals surface area (Å²) < 4.78 is 20.4. The van der Waals surface area contributed by atoms with Gasteiger partial charge >= 0.3 is 0 Å². The maximum absolute atomic E-state index is 14.5. The molecule has 0 saturated carbocycles. The van der Waals surface area contributed by atoms with E-state index in [-0.39, 0.29) is 11.7 Å².